The number of amides is 4. The smallest absolute Gasteiger partial charge is 0.411 e. The maximum Gasteiger partial charge on any atom is 0.411 e. The third kappa shape index (κ3) is 13.8. The molecule has 68 heavy (non-hydrogen) atoms. The Labute approximate surface area is 408 Å². The van der Waals surface area contributed by atoms with Crippen molar-refractivity contribution in [3.63, 3.8) is 0 Å². The molecular formula is C52H68N8O6S2. The van der Waals surface area contributed by atoms with Crippen LogP contribution in [0.1, 0.15) is 128 Å². The largest absolute Gasteiger partial charge is 0.446 e. The highest BCUT2D eigenvalue weighted by molar-refractivity contribution is 7.22. The topological polar surface area (TPSA) is 188 Å². The maximum atomic E-state index is 14.0. The average Bonchev–Trinajstić information content (AvgIpc) is 4.06. The van der Waals surface area contributed by atoms with E-state index in [2.05, 4.69) is 37.3 Å². The van der Waals surface area contributed by atoms with Crippen LogP contribution in [0, 0.1) is 19.3 Å². The summed E-state index contributed by atoms with van der Waals surface area (Å²) in [6.07, 6.45) is 13.2. The van der Waals surface area contributed by atoms with Crippen LogP contribution in [-0.2, 0) is 25.7 Å². The second kappa shape index (κ2) is 23.7. The summed E-state index contributed by atoms with van der Waals surface area (Å²) in [6.45, 7) is 10.7. The average molecular weight is 965 g/mol. The van der Waals surface area contributed by atoms with Crippen LogP contribution < -0.4 is 21.3 Å². The molecule has 2 aliphatic rings. The molecule has 4 amide bonds. The van der Waals surface area contributed by atoms with Crippen molar-refractivity contribution in [1.82, 2.24) is 30.5 Å². The van der Waals surface area contributed by atoms with Gasteiger partial charge in [0.2, 0.25) is 17.7 Å². The summed E-state index contributed by atoms with van der Waals surface area (Å²) in [5, 5.41) is 23.8. The van der Waals surface area contributed by atoms with E-state index in [9.17, 15) is 24.3 Å². The predicted molar refractivity (Wildman–Crippen MR) is 272 cm³/mol. The van der Waals surface area contributed by atoms with E-state index in [1.807, 2.05) is 88.8 Å². The van der Waals surface area contributed by atoms with E-state index in [4.69, 9.17) is 9.72 Å². The molecule has 0 spiro atoms. The summed E-state index contributed by atoms with van der Waals surface area (Å²) in [5.74, 6) is -0.865. The normalized spacial score (nSPS) is 16.9. The summed E-state index contributed by atoms with van der Waals surface area (Å²) in [4.78, 5) is 69.5. The lowest BCUT2D eigenvalue weighted by Gasteiger charge is -2.35. The van der Waals surface area contributed by atoms with Gasteiger partial charge in [0.25, 0.3) is 0 Å². The second-order valence-electron chi connectivity index (χ2n) is 19.4. The zero-order chi connectivity index (χ0) is 48.2. The minimum Gasteiger partial charge on any atom is -0.446 e. The van der Waals surface area contributed by atoms with Crippen molar-refractivity contribution < 1.29 is 29.0 Å². The number of fused-ring (bicyclic) bond motifs is 1. The second-order valence-corrected chi connectivity index (χ2v) is 21.3. The lowest BCUT2D eigenvalue weighted by molar-refractivity contribution is -0.144. The predicted octanol–water partition coefficient (Wildman–Crippen LogP) is 10.3. The molecule has 1 saturated heterocycles. The summed E-state index contributed by atoms with van der Waals surface area (Å²) in [6, 6.07) is 14.4. The Morgan fingerprint density at radius 1 is 0.868 bits per heavy atom. The zero-order valence-corrected chi connectivity index (χ0v) is 41.8. The van der Waals surface area contributed by atoms with Gasteiger partial charge in [0.15, 0.2) is 5.13 Å². The number of pyridine rings is 1. The van der Waals surface area contributed by atoms with Gasteiger partial charge in [-0.25, -0.2) is 14.8 Å². The molecular weight excluding hydrogens is 897 g/mol. The number of hydrogen-bond donors (Lipinski definition) is 5. The van der Waals surface area contributed by atoms with E-state index >= 15 is 0 Å². The third-order valence-corrected chi connectivity index (χ3v) is 14.9. The first-order chi connectivity index (χ1) is 32.7. The van der Waals surface area contributed by atoms with E-state index in [0.29, 0.717) is 12.1 Å². The molecule has 5 aromatic rings. The van der Waals surface area contributed by atoms with Gasteiger partial charge in [-0.05, 0) is 92.7 Å². The summed E-state index contributed by atoms with van der Waals surface area (Å²) < 4.78 is 6.75. The number of aryl methyl sites for hydroxylation is 2. The first-order valence-corrected chi connectivity index (χ1v) is 26.1. The van der Waals surface area contributed by atoms with Gasteiger partial charge in [0, 0.05) is 44.2 Å². The van der Waals surface area contributed by atoms with E-state index in [-0.39, 0.29) is 43.3 Å². The number of benzene rings is 2. The van der Waals surface area contributed by atoms with Gasteiger partial charge in [0.05, 0.1) is 43.8 Å². The summed E-state index contributed by atoms with van der Waals surface area (Å²) in [5.41, 5.74) is 8.41. The number of aliphatic hydroxyl groups is 1. The van der Waals surface area contributed by atoms with Gasteiger partial charge in [-0.15, -0.1) is 11.3 Å². The van der Waals surface area contributed by atoms with Crippen LogP contribution in [0.25, 0.3) is 31.8 Å². The van der Waals surface area contributed by atoms with Crippen molar-refractivity contribution >= 4 is 67.5 Å². The van der Waals surface area contributed by atoms with Crippen molar-refractivity contribution in [3.05, 3.63) is 77.2 Å². The molecule has 16 heteroatoms. The number of aliphatic hydroxyl groups excluding tert-OH is 1. The standard InChI is InChI=1S/C52H68N8O6S2/c1-33-42(58-51(65)66-40-16-12-11-13-17-40)26-38(30-54-33)37-23-24-41-44(27-37)68-50(57-41)53-25-15-10-8-6-7-9-14-18-45(62)59-47(52(3,4)5)49(64)60-31-39(61)28-43(60)48(63)55-29-35-19-21-36(22-20-35)46-34(2)56-32-67-46/h19-24,26-27,30,32,39-40,43,47,61H,6-18,25,28-29,31H2,1-5H3,(H,53,57)(H,55,63)(H,58,65)(H,59,62)/t39-,43+,47-/m1/s1. The van der Waals surface area contributed by atoms with Crippen LogP contribution in [0.4, 0.5) is 15.6 Å². The number of β-amino-alcohol motifs (C(OH)–C–C–N with tert-alkyl or cyclic N) is 1. The Morgan fingerprint density at radius 2 is 1.59 bits per heavy atom. The number of nitrogens with one attached hydrogen (secondary N) is 4. The lowest BCUT2D eigenvalue weighted by Crippen LogP contribution is -2.57. The molecule has 2 fully saturated rings. The van der Waals surface area contributed by atoms with E-state index in [0.717, 1.165) is 131 Å². The number of ether oxygens (including phenoxy) is 1. The minimum atomic E-state index is -0.843. The molecule has 3 aromatic heterocycles. The Hall–Kier alpha value is -5.45. The Kier molecular flexibility index (Phi) is 17.6. The number of aromatic nitrogens is 3. The molecule has 4 heterocycles. The van der Waals surface area contributed by atoms with Crippen LogP contribution in [0.2, 0.25) is 0 Å². The van der Waals surface area contributed by atoms with Crippen LogP contribution in [0.15, 0.2) is 60.2 Å². The van der Waals surface area contributed by atoms with Crippen molar-refractivity contribution in [2.75, 3.05) is 23.7 Å². The fourth-order valence-corrected chi connectivity index (χ4v) is 10.7. The van der Waals surface area contributed by atoms with Crippen molar-refractivity contribution in [2.24, 2.45) is 5.41 Å². The quantitative estimate of drug-likeness (QED) is 0.0470. The SMILES string of the molecule is Cc1ncc(-c2ccc3nc(NCCCCCCCCCC(=O)N[C@H](C(=O)N4C[C@H](O)C[C@H]4C(=O)NCc4ccc(-c5scnc5C)cc4)C(C)(C)C)sc3c2)cc1NC(=O)OC1CCCCC1. The minimum absolute atomic E-state index is 0.0174. The molecule has 2 aromatic carbocycles. The third-order valence-electron chi connectivity index (χ3n) is 12.9. The van der Waals surface area contributed by atoms with Crippen molar-refractivity contribution in [2.45, 2.75) is 155 Å². The first-order valence-electron chi connectivity index (χ1n) is 24.4. The highest BCUT2D eigenvalue weighted by Crippen LogP contribution is 2.33. The van der Waals surface area contributed by atoms with Crippen LogP contribution in [-0.4, -0.2) is 86.2 Å². The molecule has 0 unspecified atom stereocenters. The van der Waals surface area contributed by atoms with Crippen LogP contribution in [0.5, 0.6) is 0 Å². The van der Waals surface area contributed by atoms with Gasteiger partial charge in [-0.1, -0.05) is 101 Å². The Balaban J connectivity index is 0.781. The molecule has 14 nitrogen and oxygen atoms in total. The molecule has 1 aliphatic heterocycles. The Morgan fingerprint density at radius 3 is 2.31 bits per heavy atom. The molecule has 0 bridgehead atoms. The summed E-state index contributed by atoms with van der Waals surface area (Å²) in [7, 11) is 0. The van der Waals surface area contributed by atoms with Crippen LogP contribution in [0.3, 0.4) is 0 Å². The molecule has 364 valence electrons. The fourth-order valence-electron chi connectivity index (χ4n) is 8.97. The number of hydrogen-bond acceptors (Lipinski definition) is 12. The van der Waals surface area contributed by atoms with Gasteiger partial charge in [0.1, 0.15) is 18.2 Å². The number of nitrogens with zero attached hydrogens (tertiary/aromatic N) is 4. The number of thiazole rings is 2. The molecule has 0 radical (unpaired) electrons. The van der Waals surface area contributed by atoms with Crippen molar-refractivity contribution in [1.29, 1.82) is 0 Å². The summed E-state index contributed by atoms with van der Waals surface area (Å²) >= 11 is 3.21. The molecule has 3 atom stereocenters. The van der Waals surface area contributed by atoms with Crippen LogP contribution >= 0.6 is 22.7 Å². The van der Waals surface area contributed by atoms with Gasteiger partial charge in [-0.2, -0.15) is 0 Å². The van der Waals surface area contributed by atoms with E-state index in [1.54, 1.807) is 22.7 Å². The maximum absolute atomic E-state index is 14.0. The van der Waals surface area contributed by atoms with E-state index < -0.39 is 29.7 Å². The fraction of sp³-hybridized carbons (Fsp3) is 0.519. The molecule has 1 saturated carbocycles. The van der Waals surface area contributed by atoms with Gasteiger partial charge >= 0.3 is 6.09 Å². The Bertz CT molecular complexity index is 2490. The van der Waals surface area contributed by atoms with E-state index in [1.165, 1.54) is 11.3 Å². The lowest BCUT2D eigenvalue weighted by atomic mass is 9.85. The van der Waals surface area contributed by atoms with Gasteiger partial charge < -0.3 is 30.7 Å². The highest BCUT2D eigenvalue weighted by atomic mass is 32.1. The highest BCUT2D eigenvalue weighted by Gasteiger charge is 2.44. The number of rotatable bonds is 20. The number of carbonyl (C=O) groups excluding carboxylic acids is 4. The zero-order valence-electron chi connectivity index (χ0n) is 40.2. The first kappa shape index (κ1) is 50.4. The monoisotopic (exact) mass is 964 g/mol. The molecule has 5 N–H and O–H groups in total. The van der Waals surface area contributed by atoms with Gasteiger partial charge in [-0.3, -0.25) is 24.7 Å². The number of unbranched alkanes of at least 4 members (excludes halogenated alkanes) is 6. The van der Waals surface area contributed by atoms with Crippen molar-refractivity contribution in [3.8, 4) is 21.6 Å². The molecule has 1 aliphatic carbocycles. The number of anilines is 2. The number of likely N-dealkylation sites (tertiary alicyclic amines) is 1. The number of carbonyl (C=O) groups is 4. The molecule has 7 rings (SSSR count).